The van der Waals surface area contributed by atoms with Crippen molar-refractivity contribution in [3.63, 3.8) is 0 Å². The predicted molar refractivity (Wildman–Crippen MR) is 95.2 cm³/mol. The number of hydrogen-bond acceptors (Lipinski definition) is 4. The first-order valence-corrected chi connectivity index (χ1v) is 8.75. The van der Waals surface area contributed by atoms with E-state index in [1.807, 2.05) is 31.2 Å². The Morgan fingerprint density at radius 2 is 1.88 bits per heavy atom. The second kappa shape index (κ2) is 9.11. The summed E-state index contributed by atoms with van der Waals surface area (Å²) < 4.78 is 10.8. The van der Waals surface area contributed by atoms with Gasteiger partial charge in [-0.15, -0.1) is 0 Å². The van der Waals surface area contributed by atoms with E-state index in [0.717, 1.165) is 30.6 Å². The largest absolute Gasteiger partial charge is 0.494 e. The molecule has 136 valence electrons. The minimum Gasteiger partial charge on any atom is -0.494 e. The molecule has 6 nitrogen and oxygen atoms in total. The minimum atomic E-state index is -0.539. The number of unbranched alkanes of at least 4 members (excludes halogenated alkanes) is 2. The van der Waals surface area contributed by atoms with E-state index in [-0.39, 0.29) is 6.03 Å². The quantitative estimate of drug-likeness (QED) is 0.558. The lowest BCUT2D eigenvalue weighted by Crippen LogP contribution is -2.45. The Morgan fingerprint density at radius 1 is 1.16 bits per heavy atom. The van der Waals surface area contributed by atoms with Crippen molar-refractivity contribution >= 4 is 12.0 Å². The van der Waals surface area contributed by atoms with Crippen molar-refractivity contribution in [2.75, 3.05) is 13.2 Å². The number of urea groups is 1. The van der Waals surface area contributed by atoms with E-state index in [2.05, 4.69) is 17.6 Å². The average Bonchev–Trinajstić information content (AvgIpc) is 2.59. The summed E-state index contributed by atoms with van der Waals surface area (Å²) in [5.74, 6) is 0.343. The minimum absolute atomic E-state index is 0.334. The monoisotopic (exact) mass is 346 g/mol. The molecule has 0 fully saturated rings. The normalized spacial score (nSPS) is 16.9. The van der Waals surface area contributed by atoms with Crippen molar-refractivity contribution in [1.82, 2.24) is 10.6 Å². The zero-order chi connectivity index (χ0) is 18.2. The van der Waals surface area contributed by atoms with Crippen LogP contribution >= 0.6 is 0 Å². The van der Waals surface area contributed by atoms with E-state index in [0.29, 0.717) is 24.5 Å². The first kappa shape index (κ1) is 18.8. The van der Waals surface area contributed by atoms with Crippen LogP contribution in [0.2, 0.25) is 0 Å². The summed E-state index contributed by atoms with van der Waals surface area (Å²) >= 11 is 0. The Morgan fingerprint density at radius 3 is 2.52 bits per heavy atom. The summed E-state index contributed by atoms with van der Waals surface area (Å²) in [5.41, 5.74) is 1.75. The molecular formula is C19H26N2O4. The summed E-state index contributed by atoms with van der Waals surface area (Å²) in [4.78, 5) is 24.4. The van der Waals surface area contributed by atoms with Crippen LogP contribution in [0.5, 0.6) is 5.75 Å². The fourth-order valence-electron chi connectivity index (χ4n) is 2.73. The number of esters is 1. The molecule has 2 rings (SSSR count). The Hall–Kier alpha value is -2.50. The first-order chi connectivity index (χ1) is 12.1. The van der Waals surface area contributed by atoms with Crippen molar-refractivity contribution in [3.05, 3.63) is 41.1 Å². The lowest BCUT2D eigenvalue weighted by molar-refractivity contribution is -0.139. The average molecular weight is 346 g/mol. The molecule has 0 bridgehead atoms. The van der Waals surface area contributed by atoms with Gasteiger partial charge in [0.05, 0.1) is 24.8 Å². The number of allylic oxidation sites excluding steroid dienone is 1. The van der Waals surface area contributed by atoms with Gasteiger partial charge in [-0.1, -0.05) is 31.9 Å². The molecule has 0 aliphatic carbocycles. The molecule has 2 N–H and O–H groups in total. The van der Waals surface area contributed by atoms with Gasteiger partial charge in [-0.3, -0.25) is 0 Å². The van der Waals surface area contributed by atoms with E-state index in [1.165, 1.54) is 0 Å². The topological polar surface area (TPSA) is 76.7 Å². The summed E-state index contributed by atoms with van der Waals surface area (Å²) in [6.07, 6.45) is 2.91. The molecule has 1 aromatic rings. The van der Waals surface area contributed by atoms with Gasteiger partial charge in [0.15, 0.2) is 0 Å². The number of carbonyl (C=O) groups excluding carboxylic acids is 2. The maximum Gasteiger partial charge on any atom is 0.338 e. The number of nitrogens with one attached hydrogen (secondary N) is 2. The molecule has 2 amide bonds. The Balaban J connectivity index is 2.19. The highest BCUT2D eigenvalue weighted by molar-refractivity contribution is 5.95. The lowest BCUT2D eigenvalue weighted by atomic mass is 9.95. The van der Waals surface area contributed by atoms with Gasteiger partial charge in [-0.25, -0.2) is 9.59 Å². The maximum atomic E-state index is 12.5. The van der Waals surface area contributed by atoms with E-state index < -0.39 is 12.0 Å². The lowest BCUT2D eigenvalue weighted by Gasteiger charge is -2.28. The number of benzene rings is 1. The summed E-state index contributed by atoms with van der Waals surface area (Å²) in [7, 11) is 0. The van der Waals surface area contributed by atoms with Gasteiger partial charge in [0.2, 0.25) is 0 Å². The standard InChI is InChI=1S/C19H26N2O4/c1-4-6-7-12-25-18(22)16-13(3)20-19(23)21-17(16)14-8-10-15(11-9-14)24-5-2/h8-11,17H,4-7,12H2,1-3H3,(H2,20,21,23). The van der Waals surface area contributed by atoms with Crippen LogP contribution in [0.4, 0.5) is 4.79 Å². The molecule has 0 saturated heterocycles. The molecule has 0 radical (unpaired) electrons. The van der Waals surface area contributed by atoms with Crippen LogP contribution in [0.1, 0.15) is 51.6 Å². The van der Waals surface area contributed by atoms with Gasteiger partial charge in [-0.05, 0) is 38.0 Å². The van der Waals surface area contributed by atoms with Gasteiger partial charge in [0.1, 0.15) is 5.75 Å². The molecule has 6 heteroatoms. The summed E-state index contributed by atoms with van der Waals surface area (Å²) in [6, 6.07) is 6.47. The highest BCUT2D eigenvalue weighted by Gasteiger charge is 2.32. The van der Waals surface area contributed by atoms with Crippen LogP contribution in [0.3, 0.4) is 0 Å². The van der Waals surface area contributed by atoms with Crippen molar-refractivity contribution in [2.24, 2.45) is 0 Å². The molecule has 0 saturated carbocycles. The summed E-state index contributed by atoms with van der Waals surface area (Å²) in [5, 5.41) is 5.44. The highest BCUT2D eigenvalue weighted by atomic mass is 16.5. The van der Waals surface area contributed by atoms with Crippen LogP contribution in [-0.2, 0) is 9.53 Å². The van der Waals surface area contributed by atoms with E-state index >= 15 is 0 Å². The van der Waals surface area contributed by atoms with Crippen molar-refractivity contribution in [2.45, 2.75) is 46.1 Å². The van der Waals surface area contributed by atoms with Crippen molar-refractivity contribution in [3.8, 4) is 5.75 Å². The molecule has 1 unspecified atom stereocenters. The Labute approximate surface area is 148 Å². The third-order valence-electron chi connectivity index (χ3n) is 3.99. The second-order valence-electron chi connectivity index (χ2n) is 5.92. The summed E-state index contributed by atoms with van der Waals surface area (Å²) in [6.45, 7) is 6.69. The zero-order valence-electron chi connectivity index (χ0n) is 15.1. The number of amides is 2. The van der Waals surface area contributed by atoms with Crippen LogP contribution in [0, 0.1) is 0 Å². The predicted octanol–water partition coefficient (Wildman–Crippen LogP) is 3.45. The van der Waals surface area contributed by atoms with Crippen LogP contribution in [0.15, 0.2) is 35.5 Å². The zero-order valence-corrected chi connectivity index (χ0v) is 15.1. The third kappa shape index (κ3) is 4.98. The van der Waals surface area contributed by atoms with Crippen LogP contribution in [-0.4, -0.2) is 25.2 Å². The van der Waals surface area contributed by atoms with Crippen molar-refractivity contribution in [1.29, 1.82) is 0 Å². The van der Waals surface area contributed by atoms with E-state index in [4.69, 9.17) is 9.47 Å². The fourth-order valence-corrected chi connectivity index (χ4v) is 2.73. The fraction of sp³-hybridized carbons (Fsp3) is 0.474. The maximum absolute atomic E-state index is 12.5. The van der Waals surface area contributed by atoms with Gasteiger partial charge in [0, 0.05) is 5.70 Å². The van der Waals surface area contributed by atoms with Gasteiger partial charge in [0.25, 0.3) is 0 Å². The molecule has 0 spiro atoms. The molecule has 1 aliphatic heterocycles. The molecule has 0 aromatic heterocycles. The molecule has 1 aromatic carbocycles. The number of hydrogen-bond donors (Lipinski definition) is 2. The number of carbonyl (C=O) groups is 2. The highest BCUT2D eigenvalue weighted by Crippen LogP contribution is 2.28. The van der Waals surface area contributed by atoms with Gasteiger partial charge >= 0.3 is 12.0 Å². The van der Waals surface area contributed by atoms with Gasteiger partial charge < -0.3 is 20.1 Å². The number of rotatable bonds is 8. The Kier molecular flexibility index (Phi) is 6.86. The van der Waals surface area contributed by atoms with Crippen LogP contribution < -0.4 is 15.4 Å². The SMILES string of the molecule is CCCCCOC(=O)C1=C(C)NC(=O)NC1c1ccc(OCC)cc1. The molecule has 1 atom stereocenters. The van der Waals surface area contributed by atoms with Crippen LogP contribution in [0.25, 0.3) is 0 Å². The Bertz CT molecular complexity index is 637. The third-order valence-corrected chi connectivity index (χ3v) is 3.99. The molecule has 1 heterocycles. The van der Waals surface area contributed by atoms with E-state index in [1.54, 1.807) is 6.92 Å². The number of ether oxygens (including phenoxy) is 2. The molecule has 1 aliphatic rings. The molecular weight excluding hydrogens is 320 g/mol. The van der Waals surface area contributed by atoms with Crippen molar-refractivity contribution < 1.29 is 19.1 Å². The van der Waals surface area contributed by atoms with Gasteiger partial charge in [-0.2, -0.15) is 0 Å². The smallest absolute Gasteiger partial charge is 0.338 e. The first-order valence-electron chi connectivity index (χ1n) is 8.75. The van der Waals surface area contributed by atoms with E-state index in [9.17, 15) is 9.59 Å². The molecule has 25 heavy (non-hydrogen) atoms. The second-order valence-corrected chi connectivity index (χ2v) is 5.92.